The second-order valence-electron chi connectivity index (χ2n) is 2.96. The number of aryl methyl sites for hydroxylation is 1. The smallest absolute Gasteiger partial charge is 0.251 e. The monoisotopic (exact) mass is 209 g/mol. The van der Waals surface area contributed by atoms with Crippen LogP contribution in [0.2, 0.25) is 5.02 Å². The van der Waals surface area contributed by atoms with Crippen molar-refractivity contribution in [2.45, 2.75) is 6.92 Å². The summed E-state index contributed by atoms with van der Waals surface area (Å²) in [6.07, 6.45) is 1.64. The van der Waals surface area contributed by atoms with Crippen LogP contribution in [-0.4, -0.2) is 12.5 Å². The molecule has 1 rings (SSSR count). The molecule has 2 nitrogen and oxygen atoms in total. The molecular weight excluding hydrogens is 198 g/mol. The molecule has 0 radical (unpaired) electrons. The molecule has 1 N–H and O–H groups in total. The van der Waals surface area contributed by atoms with Crippen molar-refractivity contribution < 1.29 is 4.79 Å². The van der Waals surface area contributed by atoms with Crippen LogP contribution < -0.4 is 5.32 Å². The Labute approximate surface area is 88.6 Å². The van der Waals surface area contributed by atoms with Gasteiger partial charge < -0.3 is 5.32 Å². The van der Waals surface area contributed by atoms with Crippen LogP contribution in [-0.2, 0) is 0 Å². The van der Waals surface area contributed by atoms with Crippen molar-refractivity contribution >= 4 is 17.5 Å². The van der Waals surface area contributed by atoms with Crippen molar-refractivity contribution in [3.8, 4) is 0 Å². The number of nitrogens with one attached hydrogen (secondary N) is 1. The number of carbonyl (C=O) groups is 1. The molecule has 0 bridgehead atoms. The summed E-state index contributed by atoms with van der Waals surface area (Å²) in [5.74, 6) is -0.107. The Morgan fingerprint density at radius 3 is 2.93 bits per heavy atom. The second-order valence-corrected chi connectivity index (χ2v) is 3.37. The van der Waals surface area contributed by atoms with Crippen LogP contribution in [0.15, 0.2) is 30.9 Å². The molecular formula is C11H12ClNO. The summed E-state index contributed by atoms with van der Waals surface area (Å²) in [7, 11) is 0. The quantitative estimate of drug-likeness (QED) is 0.762. The van der Waals surface area contributed by atoms with E-state index < -0.39 is 0 Å². The molecule has 1 aromatic rings. The van der Waals surface area contributed by atoms with E-state index in [-0.39, 0.29) is 5.91 Å². The fraction of sp³-hybridized carbons (Fsp3) is 0.182. The van der Waals surface area contributed by atoms with Gasteiger partial charge in [0.1, 0.15) is 0 Å². The van der Waals surface area contributed by atoms with Gasteiger partial charge in [0.05, 0.1) is 0 Å². The molecule has 0 fully saturated rings. The highest BCUT2D eigenvalue weighted by atomic mass is 35.5. The Bertz CT molecular complexity index is 360. The lowest BCUT2D eigenvalue weighted by Crippen LogP contribution is -2.23. The predicted molar refractivity (Wildman–Crippen MR) is 58.7 cm³/mol. The number of benzene rings is 1. The summed E-state index contributed by atoms with van der Waals surface area (Å²) in [6, 6.07) is 5.19. The van der Waals surface area contributed by atoms with E-state index in [0.29, 0.717) is 17.1 Å². The molecule has 0 aliphatic carbocycles. The molecule has 0 saturated heterocycles. The van der Waals surface area contributed by atoms with E-state index in [4.69, 9.17) is 11.6 Å². The molecule has 0 saturated carbocycles. The lowest BCUT2D eigenvalue weighted by Gasteiger charge is -2.04. The molecule has 14 heavy (non-hydrogen) atoms. The summed E-state index contributed by atoms with van der Waals surface area (Å²) in [6.45, 7) is 5.86. The maximum Gasteiger partial charge on any atom is 0.251 e. The zero-order chi connectivity index (χ0) is 10.6. The van der Waals surface area contributed by atoms with Crippen molar-refractivity contribution in [2.24, 2.45) is 0 Å². The van der Waals surface area contributed by atoms with Crippen molar-refractivity contribution in [3.63, 3.8) is 0 Å². The van der Waals surface area contributed by atoms with Crippen LogP contribution in [0.4, 0.5) is 0 Å². The normalized spacial score (nSPS) is 9.57. The summed E-state index contributed by atoms with van der Waals surface area (Å²) in [4.78, 5) is 11.5. The van der Waals surface area contributed by atoms with Crippen molar-refractivity contribution in [1.29, 1.82) is 0 Å². The predicted octanol–water partition coefficient (Wildman–Crippen LogP) is 2.56. The topological polar surface area (TPSA) is 29.1 Å². The van der Waals surface area contributed by atoms with Gasteiger partial charge in [0.15, 0.2) is 0 Å². The van der Waals surface area contributed by atoms with Crippen LogP contribution in [0.3, 0.4) is 0 Å². The molecule has 0 unspecified atom stereocenters. The Balaban J connectivity index is 2.80. The highest BCUT2D eigenvalue weighted by Crippen LogP contribution is 2.15. The van der Waals surface area contributed by atoms with Crippen LogP contribution >= 0.6 is 11.6 Å². The van der Waals surface area contributed by atoms with Gasteiger partial charge in [-0.25, -0.2) is 0 Å². The van der Waals surface area contributed by atoms with Crippen LogP contribution in [0.1, 0.15) is 15.9 Å². The molecule has 3 heteroatoms. The molecule has 0 aliphatic heterocycles. The third-order valence-electron chi connectivity index (χ3n) is 1.83. The second kappa shape index (κ2) is 4.82. The average Bonchev–Trinajstić information content (AvgIpc) is 2.18. The van der Waals surface area contributed by atoms with Gasteiger partial charge in [0.25, 0.3) is 5.91 Å². The van der Waals surface area contributed by atoms with Gasteiger partial charge in [-0.1, -0.05) is 17.7 Å². The summed E-state index contributed by atoms with van der Waals surface area (Å²) >= 11 is 5.84. The molecule has 1 amide bonds. The first-order chi connectivity index (χ1) is 6.65. The lowest BCUT2D eigenvalue weighted by atomic mass is 10.1. The number of halogens is 1. The van der Waals surface area contributed by atoms with E-state index in [9.17, 15) is 4.79 Å². The van der Waals surface area contributed by atoms with E-state index in [1.807, 2.05) is 6.92 Å². The van der Waals surface area contributed by atoms with Crippen molar-refractivity contribution in [3.05, 3.63) is 47.0 Å². The van der Waals surface area contributed by atoms with Gasteiger partial charge in [0.2, 0.25) is 0 Å². The number of hydrogen-bond donors (Lipinski definition) is 1. The lowest BCUT2D eigenvalue weighted by molar-refractivity contribution is 0.0958. The molecule has 0 aliphatic rings. The van der Waals surface area contributed by atoms with Gasteiger partial charge in [-0.05, 0) is 30.7 Å². The summed E-state index contributed by atoms with van der Waals surface area (Å²) < 4.78 is 0. The average molecular weight is 210 g/mol. The number of hydrogen-bond acceptors (Lipinski definition) is 1. The molecule has 0 spiro atoms. The van der Waals surface area contributed by atoms with E-state index in [1.54, 1.807) is 24.3 Å². The Morgan fingerprint density at radius 1 is 1.64 bits per heavy atom. The number of carbonyl (C=O) groups excluding carboxylic acids is 1. The summed E-state index contributed by atoms with van der Waals surface area (Å²) in [5.41, 5.74) is 1.52. The minimum absolute atomic E-state index is 0.107. The maximum absolute atomic E-state index is 11.5. The van der Waals surface area contributed by atoms with Gasteiger partial charge >= 0.3 is 0 Å². The van der Waals surface area contributed by atoms with Gasteiger partial charge in [-0.15, -0.1) is 6.58 Å². The Kier molecular flexibility index (Phi) is 3.72. The van der Waals surface area contributed by atoms with Gasteiger partial charge in [-0.2, -0.15) is 0 Å². The van der Waals surface area contributed by atoms with Crippen molar-refractivity contribution in [1.82, 2.24) is 5.32 Å². The zero-order valence-corrected chi connectivity index (χ0v) is 8.77. The first kappa shape index (κ1) is 10.8. The highest BCUT2D eigenvalue weighted by Gasteiger charge is 2.05. The van der Waals surface area contributed by atoms with E-state index >= 15 is 0 Å². The third kappa shape index (κ3) is 2.60. The number of amides is 1. The fourth-order valence-electron chi connectivity index (χ4n) is 1.05. The highest BCUT2D eigenvalue weighted by molar-refractivity contribution is 6.31. The SMILES string of the molecule is C=CCNC(=O)c1ccc(Cl)c(C)c1. The first-order valence-corrected chi connectivity index (χ1v) is 4.68. The molecule has 1 aromatic carbocycles. The molecule has 0 heterocycles. The molecule has 0 atom stereocenters. The maximum atomic E-state index is 11.5. The minimum atomic E-state index is -0.107. The zero-order valence-electron chi connectivity index (χ0n) is 8.01. The number of rotatable bonds is 3. The van der Waals surface area contributed by atoms with E-state index in [2.05, 4.69) is 11.9 Å². The van der Waals surface area contributed by atoms with Crippen molar-refractivity contribution in [2.75, 3.05) is 6.54 Å². The minimum Gasteiger partial charge on any atom is -0.349 e. The standard InChI is InChI=1S/C11H12ClNO/c1-3-6-13-11(14)9-4-5-10(12)8(2)7-9/h3-5,7H,1,6H2,2H3,(H,13,14). The van der Waals surface area contributed by atoms with Crippen LogP contribution in [0.25, 0.3) is 0 Å². The van der Waals surface area contributed by atoms with Gasteiger partial charge in [-0.3, -0.25) is 4.79 Å². The van der Waals surface area contributed by atoms with E-state index in [1.165, 1.54) is 0 Å². The largest absolute Gasteiger partial charge is 0.349 e. The Hall–Kier alpha value is -1.28. The van der Waals surface area contributed by atoms with Crippen LogP contribution in [0, 0.1) is 6.92 Å². The molecule has 0 aromatic heterocycles. The van der Waals surface area contributed by atoms with Gasteiger partial charge in [0, 0.05) is 17.1 Å². The Morgan fingerprint density at radius 2 is 2.36 bits per heavy atom. The van der Waals surface area contributed by atoms with Crippen LogP contribution in [0.5, 0.6) is 0 Å². The first-order valence-electron chi connectivity index (χ1n) is 4.30. The summed E-state index contributed by atoms with van der Waals surface area (Å²) in [5, 5.41) is 3.37. The third-order valence-corrected chi connectivity index (χ3v) is 2.25. The van der Waals surface area contributed by atoms with E-state index in [0.717, 1.165) is 5.56 Å². The fourth-order valence-corrected chi connectivity index (χ4v) is 1.17. The molecule has 74 valence electrons.